The number of carboxylic acid groups (broad SMARTS) is 1. The highest BCUT2D eigenvalue weighted by Crippen LogP contribution is 2.44. The summed E-state index contributed by atoms with van der Waals surface area (Å²) in [6, 6.07) is 1.05. The molecule has 27 heavy (non-hydrogen) atoms. The number of halogens is 3. The summed E-state index contributed by atoms with van der Waals surface area (Å²) in [5.41, 5.74) is 11.0. The molecule has 0 amide bonds. The van der Waals surface area contributed by atoms with E-state index in [1.165, 1.54) is 6.20 Å². The fraction of sp³-hybridized carbons (Fsp3) is 0.647. The molecule has 2 unspecified atom stereocenters. The van der Waals surface area contributed by atoms with Gasteiger partial charge >= 0.3 is 12.1 Å². The molecule has 1 aliphatic heterocycles. The van der Waals surface area contributed by atoms with Gasteiger partial charge in [-0.25, -0.2) is 9.78 Å². The summed E-state index contributed by atoms with van der Waals surface area (Å²) in [4.78, 5) is 14.5. The van der Waals surface area contributed by atoms with E-state index in [9.17, 15) is 18.0 Å². The third-order valence-corrected chi connectivity index (χ3v) is 4.69. The van der Waals surface area contributed by atoms with Gasteiger partial charge in [-0.1, -0.05) is 0 Å². The normalized spacial score (nSPS) is 25.7. The molecule has 0 radical (unpaired) electrons. The maximum atomic E-state index is 12.5. The van der Waals surface area contributed by atoms with Gasteiger partial charge in [0.05, 0.1) is 18.2 Å². The van der Waals surface area contributed by atoms with E-state index in [1.807, 2.05) is 6.92 Å². The monoisotopic (exact) mass is 391 g/mol. The highest BCUT2D eigenvalue weighted by atomic mass is 19.4. The minimum atomic E-state index is -4.49. The third-order valence-electron chi connectivity index (χ3n) is 4.69. The standard InChI is InChI=1S/C12H12F3NO3.C5H12N2O/c1-6(12(13,14)15)19-10-4-9(11(17)18)16-5-8(10)7-2-3-7;1-4-5(7,2-6)3-8-4/h4-7H,2-3H2,1H3,(H,17,18);4H,2-3,6-7H2,1H3/t6-;/m0./s1. The van der Waals surface area contributed by atoms with Crippen molar-refractivity contribution in [2.24, 2.45) is 11.5 Å². The molecule has 0 bridgehead atoms. The van der Waals surface area contributed by atoms with Crippen LogP contribution in [0.1, 0.15) is 48.7 Å². The van der Waals surface area contributed by atoms with Crippen molar-refractivity contribution in [3.63, 3.8) is 0 Å². The summed E-state index contributed by atoms with van der Waals surface area (Å²) < 4.78 is 47.4. The number of hydrogen-bond acceptors (Lipinski definition) is 6. The van der Waals surface area contributed by atoms with Crippen LogP contribution < -0.4 is 16.2 Å². The number of rotatable bonds is 5. The van der Waals surface area contributed by atoms with E-state index < -0.39 is 18.2 Å². The predicted molar refractivity (Wildman–Crippen MR) is 90.7 cm³/mol. The maximum Gasteiger partial charge on any atom is 0.425 e. The van der Waals surface area contributed by atoms with E-state index in [2.05, 4.69) is 4.98 Å². The number of aromatic carboxylic acids is 1. The average molecular weight is 391 g/mol. The molecule has 3 atom stereocenters. The highest BCUT2D eigenvalue weighted by molar-refractivity contribution is 5.85. The molecule has 152 valence electrons. The Hall–Kier alpha value is -1.91. The third kappa shape index (κ3) is 5.30. The Bertz CT molecular complexity index is 678. The Morgan fingerprint density at radius 3 is 2.48 bits per heavy atom. The lowest BCUT2D eigenvalue weighted by molar-refractivity contribution is -0.189. The van der Waals surface area contributed by atoms with E-state index in [0.29, 0.717) is 18.7 Å². The number of pyridine rings is 1. The van der Waals surface area contributed by atoms with Crippen molar-refractivity contribution in [3.05, 3.63) is 23.5 Å². The first-order chi connectivity index (χ1) is 12.5. The van der Waals surface area contributed by atoms with Crippen LogP contribution in [0.15, 0.2) is 12.3 Å². The first kappa shape index (κ1) is 21.4. The quantitative estimate of drug-likeness (QED) is 0.702. The number of aromatic nitrogens is 1. The van der Waals surface area contributed by atoms with Crippen molar-refractivity contribution < 1.29 is 32.5 Å². The summed E-state index contributed by atoms with van der Waals surface area (Å²) in [5, 5.41) is 8.81. The lowest BCUT2D eigenvalue weighted by Crippen LogP contribution is -2.67. The molecule has 1 aromatic heterocycles. The average Bonchev–Trinajstić information content (AvgIpc) is 3.44. The molecule has 0 spiro atoms. The van der Waals surface area contributed by atoms with Crippen LogP contribution in [0.5, 0.6) is 5.75 Å². The molecule has 0 aromatic carbocycles. The number of carbonyl (C=O) groups is 1. The molecule has 1 saturated heterocycles. The zero-order chi connectivity index (χ0) is 20.4. The van der Waals surface area contributed by atoms with Gasteiger partial charge in [-0.3, -0.25) is 0 Å². The Kier molecular flexibility index (Phi) is 6.33. The molecule has 2 heterocycles. The minimum absolute atomic E-state index is 0.0419. The van der Waals surface area contributed by atoms with Gasteiger partial charge in [0.15, 0.2) is 11.8 Å². The van der Waals surface area contributed by atoms with Crippen molar-refractivity contribution in [3.8, 4) is 5.75 Å². The van der Waals surface area contributed by atoms with Gasteiger partial charge in [0.25, 0.3) is 0 Å². The molecule has 3 rings (SSSR count). The Morgan fingerprint density at radius 1 is 1.52 bits per heavy atom. The molecule has 7 nitrogen and oxygen atoms in total. The van der Waals surface area contributed by atoms with Gasteiger partial charge in [0.1, 0.15) is 5.75 Å². The molecule has 2 aliphatic rings. The summed E-state index contributed by atoms with van der Waals surface area (Å²) in [6.07, 6.45) is -3.34. The van der Waals surface area contributed by atoms with E-state index in [-0.39, 0.29) is 29.0 Å². The van der Waals surface area contributed by atoms with Gasteiger partial charge in [-0.05, 0) is 32.6 Å². The maximum absolute atomic E-state index is 12.5. The molecular formula is C17H24F3N3O4. The van der Waals surface area contributed by atoms with Gasteiger partial charge in [0, 0.05) is 24.4 Å². The molecule has 1 saturated carbocycles. The van der Waals surface area contributed by atoms with E-state index in [0.717, 1.165) is 25.8 Å². The molecule has 5 N–H and O–H groups in total. The molecule has 10 heteroatoms. The summed E-state index contributed by atoms with van der Waals surface area (Å²) in [5.74, 6) is -1.22. The number of nitrogens with two attached hydrogens (primary N) is 2. The van der Waals surface area contributed by atoms with Crippen LogP contribution in [0.3, 0.4) is 0 Å². The fourth-order valence-electron chi connectivity index (χ4n) is 2.31. The zero-order valence-corrected chi connectivity index (χ0v) is 15.1. The number of ether oxygens (including phenoxy) is 2. The van der Waals surface area contributed by atoms with E-state index in [1.54, 1.807) is 0 Å². The lowest BCUT2D eigenvalue weighted by atomic mass is 9.91. The first-order valence-corrected chi connectivity index (χ1v) is 8.55. The van der Waals surface area contributed by atoms with Gasteiger partial charge in [-0.2, -0.15) is 13.2 Å². The second-order valence-corrected chi connectivity index (χ2v) is 6.88. The van der Waals surface area contributed by atoms with Crippen LogP contribution >= 0.6 is 0 Å². The van der Waals surface area contributed by atoms with Crippen LogP contribution in [0.25, 0.3) is 0 Å². The van der Waals surface area contributed by atoms with Crippen molar-refractivity contribution in [1.29, 1.82) is 0 Å². The summed E-state index contributed by atoms with van der Waals surface area (Å²) in [7, 11) is 0. The molecule has 1 aromatic rings. The summed E-state index contributed by atoms with van der Waals surface area (Å²) in [6.45, 7) is 3.97. The Labute approximate surface area is 154 Å². The smallest absolute Gasteiger partial charge is 0.425 e. The Morgan fingerprint density at radius 2 is 2.15 bits per heavy atom. The summed E-state index contributed by atoms with van der Waals surface area (Å²) >= 11 is 0. The Balaban J connectivity index is 0.000000273. The van der Waals surface area contributed by atoms with Crippen molar-refractivity contribution in [1.82, 2.24) is 4.98 Å². The molecule has 1 aliphatic carbocycles. The first-order valence-electron chi connectivity index (χ1n) is 8.55. The highest BCUT2D eigenvalue weighted by Gasteiger charge is 2.40. The minimum Gasteiger partial charge on any atom is -0.481 e. The predicted octanol–water partition coefficient (Wildman–Crippen LogP) is 2.05. The van der Waals surface area contributed by atoms with Gasteiger partial charge in [-0.15, -0.1) is 0 Å². The van der Waals surface area contributed by atoms with Crippen LogP contribution in [0.4, 0.5) is 13.2 Å². The van der Waals surface area contributed by atoms with Gasteiger partial charge in [0.2, 0.25) is 0 Å². The van der Waals surface area contributed by atoms with E-state index in [4.69, 9.17) is 26.0 Å². The van der Waals surface area contributed by atoms with Crippen LogP contribution in [-0.2, 0) is 4.74 Å². The van der Waals surface area contributed by atoms with Crippen molar-refractivity contribution in [2.75, 3.05) is 13.2 Å². The number of alkyl halides is 3. The largest absolute Gasteiger partial charge is 0.481 e. The van der Waals surface area contributed by atoms with Crippen molar-refractivity contribution in [2.45, 2.75) is 56.5 Å². The van der Waals surface area contributed by atoms with Gasteiger partial charge < -0.3 is 26.0 Å². The van der Waals surface area contributed by atoms with Crippen LogP contribution in [-0.4, -0.2) is 53.1 Å². The SMILES string of the molecule is CC1OCC1(N)CN.C[C@H](Oc1cc(C(=O)O)ncc1C1CC1)C(F)(F)F. The van der Waals surface area contributed by atoms with Crippen LogP contribution in [0, 0.1) is 0 Å². The number of carboxylic acids is 1. The number of hydrogen-bond donors (Lipinski definition) is 3. The second kappa shape index (κ2) is 7.99. The topological polar surface area (TPSA) is 121 Å². The fourth-order valence-corrected chi connectivity index (χ4v) is 2.31. The van der Waals surface area contributed by atoms with E-state index >= 15 is 0 Å². The number of nitrogens with zero attached hydrogens (tertiary/aromatic N) is 1. The molecular weight excluding hydrogens is 367 g/mol. The van der Waals surface area contributed by atoms with Crippen LogP contribution in [0.2, 0.25) is 0 Å². The van der Waals surface area contributed by atoms with Crippen molar-refractivity contribution >= 4 is 5.97 Å². The second-order valence-electron chi connectivity index (χ2n) is 6.88. The lowest BCUT2D eigenvalue weighted by Gasteiger charge is -2.43. The molecule has 2 fully saturated rings. The zero-order valence-electron chi connectivity index (χ0n) is 15.1.